The van der Waals surface area contributed by atoms with Crippen LogP contribution in [0, 0.1) is 13.8 Å². The van der Waals surface area contributed by atoms with E-state index in [1.807, 2.05) is 57.2 Å². The molecule has 0 saturated heterocycles. The van der Waals surface area contributed by atoms with Crippen LogP contribution in [0.2, 0.25) is 0 Å². The van der Waals surface area contributed by atoms with Crippen LogP contribution >= 0.6 is 11.8 Å². The van der Waals surface area contributed by atoms with Gasteiger partial charge in [0.05, 0.1) is 10.9 Å². The summed E-state index contributed by atoms with van der Waals surface area (Å²) in [5.41, 5.74) is 4.38. The van der Waals surface area contributed by atoms with E-state index in [0.717, 1.165) is 23.2 Å². The normalized spacial score (nSPS) is 13.1. The molecule has 2 aromatic carbocycles. The maximum Gasteiger partial charge on any atom is 0.233 e. The van der Waals surface area contributed by atoms with Gasteiger partial charge in [-0.2, -0.15) is 4.68 Å². The van der Waals surface area contributed by atoms with Crippen LogP contribution in [0.15, 0.2) is 53.7 Å². The number of aromatic nitrogens is 4. The fraction of sp³-hybridized carbons (Fsp3) is 0.364. The van der Waals surface area contributed by atoms with Crippen molar-refractivity contribution in [2.45, 2.75) is 50.4 Å². The zero-order valence-corrected chi connectivity index (χ0v) is 18.1. The van der Waals surface area contributed by atoms with E-state index < -0.39 is 0 Å². The molecule has 0 bridgehead atoms. The van der Waals surface area contributed by atoms with Crippen LogP contribution in [0.5, 0.6) is 0 Å². The summed E-state index contributed by atoms with van der Waals surface area (Å²) in [5, 5.41) is 15.5. The van der Waals surface area contributed by atoms with E-state index in [4.69, 9.17) is 0 Å². The number of carbonyl (C=O) groups is 1. The molecular weight excluding hydrogens is 382 g/mol. The topological polar surface area (TPSA) is 72.7 Å². The van der Waals surface area contributed by atoms with Gasteiger partial charge in [-0.1, -0.05) is 67.2 Å². The second-order valence-electron chi connectivity index (χ2n) is 7.13. The Balaban J connectivity index is 1.66. The predicted octanol–water partition coefficient (Wildman–Crippen LogP) is 4.07. The number of para-hydroxylation sites is 1. The van der Waals surface area contributed by atoms with Crippen molar-refractivity contribution in [3.8, 4) is 5.69 Å². The van der Waals surface area contributed by atoms with Gasteiger partial charge in [0.15, 0.2) is 0 Å². The number of hydrogen-bond donors (Lipinski definition) is 1. The van der Waals surface area contributed by atoms with Crippen molar-refractivity contribution in [3.05, 3.63) is 65.2 Å². The molecule has 1 N–H and O–H groups in total. The number of thioether (sulfide) groups is 1. The zero-order valence-electron chi connectivity index (χ0n) is 17.3. The van der Waals surface area contributed by atoms with Crippen LogP contribution in [0.4, 0.5) is 0 Å². The lowest BCUT2D eigenvalue weighted by molar-refractivity contribution is -0.120. The third kappa shape index (κ3) is 5.03. The maximum absolute atomic E-state index is 12.7. The van der Waals surface area contributed by atoms with Crippen molar-refractivity contribution in [1.82, 2.24) is 25.5 Å². The fourth-order valence-corrected chi connectivity index (χ4v) is 4.15. The molecule has 0 spiro atoms. The van der Waals surface area contributed by atoms with E-state index in [-0.39, 0.29) is 11.2 Å². The number of benzene rings is 2. The minimum absolute atomic E-state index is 0.0135. The Morgan fingerprint density at radius 2 is 1.79 bits per heavy atom. The molecule has 1 amide bonds. The molecule has 0 fully saturated rings. The van der Waals surface area contributed by atoms with Crippen molar-refractivity contribution < 1.29 is 4.79 Å². The van der Waals surface area contributed by atoms with Gasteiger partial charge in [0.2, 0.25) is 11.1 Å². The molecule has 29 heavy (non-hydrogen) atoms. The van der Waals surface area contributed by atoms with Gasteiger partial charge in [0.25, 0.3) is 0 Å². The number of nitrogens with zero attached hydrogens (tertiary/aromatic N) is 4. The van der Waals surface area contributed by atoms with Crippen molar-refractivity contribution in [1.29, 1.82) is 0 Å². The highest BCUT2D eigenvalue weighted by molar-refractivity contribution is 8.00. The van der Waals surface area contributed by atoms with Crippen LogP contribution in [-0.2, 0) is 4.79 Å². The van der Waals surface area contributed by atoms with Gasteiger partial charge in [-0.15, -0.1) is 5.10 Å². The minimum Gasteiger partial charge on any atom is -0.355 e. The Bertz CT molecular complexity index is 937. The van der Waals surface area contributed by atoms with Gasteiger partial charge in [0.1, 0.15) is 0 Å². The molecule has 0 aliphatic carbocycles. The van der Waals surface area contributed by atoms with Crippen LogP contribution in [0.25, 0.3) is 5.69 Å². The third-order valence-corrected chi connectivity index (χ3v) is 6.06. The lowest BCUT2D eigenvalue weighted by Crippen LogP contribution is -2.34. The second-order valence-corrected chi connectivity index (χ2v) is 8.44. The Hall–Kier alpha value is -2.67. The van der Waals surface area contributed by atoms with Gasteiger partial charge in [-0.25, -0.2) is 0 Å². The summed E-state index contributed by atoms with van der Waals surface area (Å²) in [6.07, 6.45) is 0.969. The van der Waals surface area contributed by atoms with Crippen LogP contribution in [-0.4, -0.2) is 37.9 Å². The molecule has 0 saturated carbocycles. The van der Waals surface area contributed by atoms with Gasteiger partial charge >= 0.3 is 0 Å². The summed E-state index contributed by atoms with van der Waals surface area (Å²) in [5.74, 6) is 0.290. The number of amides is 1. The Kier molecular flexibility index (Phi) is 7.04. The van der Waals surface area contributed by atoms with Gasteiger partial charge in [-0.3, -0.25) is 4.79 Å². The molecule has 0 radical (unpaired) electrons. The van der Waals surface area contributed by atoms with Crippen LogP contribution in [0.1, 0.15) is 42.9 Å². The van der Waals surface area contributed by atoms with Crippen molar-refractivity contribution in [2.24, 2.45) is 0 Å². The SMILES string of the molecule is CC[C@H](CNC(=O)[C@H](C)Sc1nnnn1-c1c(C)cccc1C)c1ccccc1. The van der Waals surface area contributed by atoms with E-state index >= 15 is 0 Å². The Labute approximate surface area is 176 Å². The van der Waals surface area contributed by atoms with E-state index in [9.17, 15) is 4.79 Å². The van der Waals surface area contributed by atoms with Gasteiger partial charge < -0.3 is 5.32 Å². The number of carbonyl (C=O) groups excluding carboxylic acids is 1. The molecule has 0 unspecified atom stereocenters. The average Bonchev–Trinajstić information content (AvgIpc) is 3.16. The van der Waals surface area contributed by atoms with E-state index in [2.05, 4.69) is 39.9 Å². The third-order valence-electron chi connectivity index (χ3n) is 5.03. The lowest BCUT2D eigenvalue weighted by Gasteiger charge is -2.18. The number of tetrazole rings is 1. The van der Waals surface area contributed by atoms with Gasteiger partial charge in [-0.05, 0) is 54.3 Å². The summed E-state index contributed by atoms with van der Waals surface area (Å²) in [6.45, 7) is 8.70. The average molecular weight is 410 g/mol. The van der Waals surface area contributed by atoms with E-state index in [1.54, 1.807) is 4.68 Å². The van der Waals surface area contributed by atoms with E-state index in [0.29, 0.717) is 17.6 Å². The monoisotopic (exact) mass is 409 g/mol. The molecular formula is C22H27N5OS. The van der Waals surface area contributed by atoms with Crippen molar-refractivity contribution >= 4 is 17.7 Å². The molecule has 6 nitrogen and oxygen atoms in total. The quantitative estimate of drug-likeness (QED) is 0.568. The first-order valence-corrected chi connectivity index (χ1v) is 10.7. The largest absolute Gasteiger partial charge is 0.355 e. The highest BCUT2D eigenvalue weighted by Gasteiger charge is 2.21. The molecule has 1 aromatic heterocycles. The van der Waals surface area contributed by atoms with Crippen LogP contribution < -0.4 is 5.32 Å². The highest BCUT2D eigenvalue weighted by atomic mass is 32.2. The summed E-state index contributed by atoms with van der Waals surface area (Å²) < 4.78 is 1.72. The molecule has 2 atom stereocenters. The molecule has 0 aliphatic rings. The van der Waals surface area contributed by atoms with E-state index in [1.165, 1.54) is 17.3 Å². The smallest absolute Gasteiger partial charge is 0.233 e. The lowest BCUT2D eigenvalue weighted by atomic mass is 9.96. The Morgan fingerprint density at radius 3 is 2.45 bits per heavy atom. The zero-order chi connectivity index (χ0) is 20.8. The first-order chi connectivity index (χ1) is 14.0. The van der Waals surface area contributed by atoms with Gasteiger partial charge in [0, 0.05) is 12.5 Å². The molecule has 152 valence electrons. The first-order valence-electron chi connectivity index (χ1n) is 9.85. The molecule has 3 rings (SSSR count). The highest BCUT2D eigenvalue weighted by Crippen LogP contribution is 2.26. The fourth-order valence-electron chi connectivity index (χ4n) is 3.33. The summed E-state index contributed by atoms with van der Waals surface area (Å²) >= 11 is 1.37. The summed E-state index contributed by atoms with van der Waals surface area (Å²) in [6, 6.07) is 16.4. The van der Waals surface area contributed by atoms with Crippen molar-refractivity contribution in [3.63, 3.8) is 0 Å². The standard InChI is InChI=1S/C22H27N5OS/c1-5-18(19-12-7-6-8-13-19)14-23-21(28)17(4)29-22-24-25-26-27(22)20-15(2)10-9-11-16(20)3/h6-13,17-18H,5,14H2,1-4H3,(H,23,28)/t17-,18+/m0/s1. The summed E-state index contributed by atoms with van der Waals surface area (Å²) in [7, 11) is 0. The maximum atomic E-state index is 12.7. The molecule has 1 heterocycles. The van der Waals surface area contributed by atoms with Crippen molar-refractivity contribution in [2.75, 3.05) is 6.54 Å². The molecule has 7 heteroatoms. The second kappa shape index (κ2) is 9.69. The number of aryl methyl sites for hydroxylation is 2. The Morgan fingerprint density at radius 1 is 1.10 bits per heavy atom. The molecule has 0 aliphatic heterocycles. The predicted molar refractivity (Wildman–Crippen MR) is 116 cm³/mol. The minimum atomic E-state index is -0.308. The number of rotatable bonds is 8. The summed E-state index contributed by atoms with van der Waals surface area (Å²) in [4.78, 5) is 12.7. The number of nitrogens with one attached hydrogen (secondary N) is 1. The number of hydrogen-bond acceptors (Lipinski definition) is 5. The van der Waals surface area contributed by atoms with Crippen LogP contribution in [0.3, 0.4) is 0 Å². The molecule has 3 aromatic rings. The first kappa shape index (κ1) is 21.0.